The zero-order chi connectivity index (χ0) is 16.2. The number of ether oxygens (including phenoxy) is 1. The number of hydrogen-bond donors (Lipinski definition) is 2. The fraction of sp³-hybridized carbons (Fsp3) is 0.312. The summed E-state index contributed by atoms with van der Waals surface area (Å²) in [6.45, 7) is 6.21. The van der Waals surface area contributed by atoms with Crippen molar-refractivity contribution in [2.75, 3.05) is 10.6 Å². The zero-order valence-electron chi connectivity index (χ0n) is 12.8. The summed E-state index contributed by atoms with van der Waals surface area (Å²) in [5.41, 5.74) is 1.16. The van der Waals surface area contributed by atoms with E-state index in [-0.39, 0.29) is 0 Å². The molecule has 1 aromatic carbocycles. The van der Waals surface area contributed by atoms with Crippen LogP contribution in [0.3, 0.4) is 0 Å². The summed E-state index contributed by atoms with van der Waals surface area (Å²) >= 11 is 7.51. The van der Waals surface area contributed by atoms with Crippen molar-refractivity contribution in [2.45, 2.75) is 32.9 Å². The van der Waals surface area contributed by atoms with Gasteiger partial charge >= 0.3 is 6.09 Å². The van der Waals surface area contributed by atoms with E-state index in [9.17, 15) is 4.79 Å². The molecule has 1 amide bonds. The van der Waals surface area contributed by atoms with Crippen LogP contribution < -0.4 is 10.6 Å². The number of anilines is 2. The molecule has 4 nitrogen and oxygen atoms in total. The highest BCUT2D eigenvalue weighted by molar-refractivity contribution is 7.10. The van der Waals surface area contributed by atoms with Gasteiger partial charge in [-0.2, -0.15) is 0 Å². The number of carbonyl (C=O) groups is 1. The molecule has 0 saturated heterocycles. The van der Waals surface area contributed by atoms with Crippen LogP contribution in [-0.2, 0) is 11.3 Å². The predicted octanol–water partition coefficient (Wildman–Crippen LogP) is 5.36. The Morgan fingerprint density at radius 3 is 2.41 bits per heavy atom. The van der Waals surface area contributed by atoms with Gasteiger partial charge in [0.05, 0.1) is 5.02 Å². The molecule has 2 aromatic rings. The quantitative estimate of drug-likeness (QED) is 0.788. The lowest BCUT2D eigenvalue weighted by atomic mass is 10.2. The third kappa shape index (κ3) is 5.58. The summed E-state index contributed by atoms with van der Waals surface area (Å²) in [5, 5.41) is 8.67. The van der Waals surface area contributed by atoms with Crippen molar-refractivity contribution in [2.24, 2.45) is 0 Å². The Bertz CT molecular complexity index is 632. The fourth-order valence-corrected chi connectivity index (χ4v) is 2.74. The van der Waals surface area contributed by atoms with E-state index >= 15 is 0 Å². The number of nitrogens with one attached hydrogen (secondary N) is 2. The number of thiophene rings is 1. The van der Waals surface area contributed by atoms with Gasteiger partial charge in [0, 0.05) is 28.2 Å². The number of halogens is 1. The van der Waals surface area contributed by atoms with Crippen LogP contribution in [0.4, 0.5) is 16.2 Å². The molecular weight excluding hydrogens is 320 g/mol. The molecule has 118 valence electrons. The third-order valence-corrected chi connectivity index (χ3v) is 3.90. The molecule has 2 rings (SSSR count). The summed E-state index contributed by atoms with van der Waals surface area (Å²) in [7, 11) is 0. The van der Waals surface area contributed by atoms with Gasteiger partial charge in [0.15, 0.2) is 0 Å². The second kappa shape index (κ2) is 7.03. The van der Waals surface area contributed by atoms with Gasteiger partial charge in [0.25, 0.3) is 0 Å². The second-order valence-electron chi connectivity index (χ2n) is 5.79. The van der Waals surface area contributed by atoms with Gasteiger partial charge in [-0.25, -0.2) is 4.79 Å². The van der Waals surface area contributed by atoms with Crippen LogP contribution in [0.25, 0.3) is 0 Å². The highest BCUT2D eigenvalue weighted by atomic mass is 35.5. The van der Waals surface area contributed by atoms with Crippen molar-refractivity contribution in [3.05, 3.63) is 45.6 Å². The molecular formula is C16H19ClN2O2S. The zero-order valence-corrected chi connectivity index (χ0v) is 14.3. The molecule has 0 saturated carbocycles. The Balaban J connectivity index is 1.86. The predicted molar refractivity (Wildman–Crippen MR) is 93.0 cm³/mol. The van der Waals surface area contributed by atoms with Crippen molar-refractivity contribution < 1.29 is 9.53 Å². The van der Waals surface area contributed by atoms with E-state index in [4.69, 9.17) is 16.3 Å². The molecule has 2 N–H and O–H groups in total. The minimum atomic E-state index is -0.506. The van der Waals surface area contributed by atoms with Gasteiger partial charge in [-0.15, -0.1) is 11.3 Å². The van der Waals surface area contributed by atoms with Crippen molar-refractivity contribution in [3.8, 4) is 0 Å². The third-order valence-electron chi connectivity index (χ3n) is 2.62. The molecule has 22 heavy (non-hydrogen) atoms. The van der Waals surface area contributed by atoms with Crippen LogP contribution in [0.5, 0.6) is 0 Å². The number of benzene rings is 1. The lowest BCUT2D eigenvalue weighted by Gasteiger charge is -2.19. The second-order valence-corrected chi connectivity index (χ2v) is 7.22. The topological polar surface area (TPSA) is 50.4 Å². The highest BCUT2D eigenvalue weighted by Gasteiger charge is 2.15. The summed E-state index contributed by atoms with van der Waals surface area (Å²) < 4.78 is 5.20. The molecule has 0 bridgehead atoms. The van der Waals surface area contributed by atoms with Crippen molar-refractivity contribution in [3.63, 3.8) is 0 Å². The maximum absolute atomic E-state index is 11.7. The average Bonchev–Trinajstić information content (AvgIpc) is 2.81. The number of hydrogen-bond acceptors (Lipinski definition) is 4. The average molecular weight is 339 g/mol. The molecule has 0 aliphatic carbocycles. The van der Waals surface area contributed by atoms with E-state index in [0.29, 0.717) is 5.69 Å². The van der Waals surface area contributed by atoms with E-state index in [1.807, 2.05) is 56.5 Å². The van der Waals surface area contributed by atoms with Crippen molar-refractivity contribution >= 4 is 40.4 Å². The fourth-order valence-electron chi connectivity index (χ4n) is 1.73. The smallest absolute Gasteiger partial charge is 0.412 e. The molecule has 0 aliphatic rings. The number of rotatable bonds is 4. The first-order chi connectivity index (χ1) is 10.3. The van der Waals surface area contributed by atoms with E-state index in [1.165, 1.54) is 4.88 Å². The molecule has 1 heterocycles. The van der Waals surface area contributed by atoms with E-state index in [1.54, 1.807) is 11.3 Å². The first-order valence-corrected chi connectivity index (χ1v) is 8.14. The minimum Gasteiger partial charge on any atom is -0.444 e. The summed E-state index contributed by atoms with van der Waals surface area (Å²) in [4.78, 5) is 12.8. The minimum absolute atomic E-state index is 0.457. The van der Waals surface area contributed by atoms with Crippen LogP contribution in [0.15, 0.2) is 35.7 Å². The Kier molecular flexibility index (Phi) is 5.32. The summed E-state index contributed by atoms with van der Waals surface area (Å²) in [5.74, 6) is 0. The molecule has 0 spiro atoms. The van der Waals surface area contributed by atoms with Gasteiger partial charge in [-0.05, 0) is 51.1 Å². The molecule has 0 aliphatic heterocycles. The molecule has 0 fully saturated rings. The van der Waals surface area contributed by atoms with E-state index in [0.717, 1.165) is 17.3 Å². The standard InChI is InChI=1S/C16H19ClN2O2S/c1-16(2,3)21-15(20)19-13-6-4-12(5-7-13)18-9-14-8-11(17)10-22-14/h4-8,10,18H,9H2,1-3H3,(H,19,20). The summed E-state index contributed by atoms with van der Waals surface area (Å²) in [6, 6.07) is 9.41. The van der Waals surface area contributed by atoms with Gasteiger partial charge in [0.2, 0.25) is 0 Å². The van der Waals surface area contributed by atoms with Gasteiger partial charge in [-0.1, -0.05) is 11.6 Å². The number of carbonyl (C=O) groups excluding carboxylic acids is 1. The Labute approximate surface area is 139 Å². The van der Waals surface area contributed by atoms with Crippen molar-refractivity contribution in [1.82, 2.24) is 0 Å². The largest absolute Gasteiger partial charge is 0.444 e. The molecule has 0 atom stereocenters. The van der Waals surface area contributed by atoms with E-state index < -0.39 is 11.7 Å². The monoisotopic (exact) mass is 338 g/mol. The van der Waals surface area contributed by atoms with Gasteiger partial charge in [-0.3, -0.25) is 5.32 Å². The first kappa shape index (κ1) is 16.6. The highest BCUT2D eigenvalue weighted by Crippen LogP contribution is 2.21. The lowest BCUT2D eigenvalue weighted by molar-refractivity contribution is 0.0636. The SMILES string of the molecule is CC(C)(C)OC(=O)Nc1ccc(NCc2cc(Cl)cs2)cc1. The maximum Gasteiger partial charge on any atom is 0.412 e. The van der Waals surface area contributed by atoms with Gasteiger partial charge in [0.1, 0.15) is 5.60 Å². The number of amides is 1. The van der Waals surface area contributed by atoms with Crippen LogP contribution in [0.2, 0.25) is 5.02 Å². The Hall–Kier alpha value is -1.72. The van der Waals surface area contributed by atoms with Crippen LogP contribution in [0, 0.1) is 0 Å². The molecule has 1 aromatic heterocycles. The Morgan fingerprint density at radius 2 is 1.86 bits per heavy atom. The molecule has 0 unspecified atom stereocenters. The van der Waals surface area contributed by atoms with Crippen LogP contribution in [-0.4, -0.2) is 11.7 Å². The molecule has 0 radical (unpaired) electrons. The van der Waals surface area contributed by atoms with Crippen molar-refractivity contribution in [1.29, 1.82) is 0 Å². The normalized spacial score (nSPS) is 11.1. The summed E-state index contributed by atoms with van der Waals surface area (Å²) in [6.07, 6.45) is -0.457. The van der Waals surface area contributed by atoms with Crippen LogP contribution in [0.1, 0.15) is 25.6 Å². The molecule has 6 heteroatoms. The van der Waals surface area contributed by atoms with Crippen LogP contribution >= 0.6 is 22.9 Å². The Morgan fingerprint density at radius 1 is 1.23 bits per heavy atom. The van der Waals surface area contributed by atoms with E-state index in [2.05, 4.69) is 10.6 Å². The first-order valence-electron chi connectivity index (χ1n) is 6.89. The van der Waals surface area contributed by atoms with Gasteiger partial charge < -0.3 is 10.1 Å². The maximum atomic E-state index is 11.7. The lowest BCUT2D eigenvalue weighted by Crippen LogP contribution is -2.27.